The molecule has 0 amide bonds. The van der Waals surface area contributed by atoms with Gasteiger partial charge in [-0.15, -0.1) is 0 Å². The Morgan fingerprint density at radius 3 is 2.80 bits per heavy atom. The molecule has 2 rings (SSSR count). The lowest BCUT2D eigenvalue weighted by molar-refractivity contribution is 0.112. The quantitative estimate of drug-likeness (QED) is 0.583. The van der Waals surface area contributed by atoms with Crippen LogP contribution >= 0.6 is 0 Å². The second-order valence-electron chi connectivity index (χ2n) is 5.86. The van der Waals surface area contributed by atoms with Crippen LogP contribution in [0.2, 0.25) is 0 Å². The molecule has 0 spiro atoms. The number of nitrogens with zero attached hydrogens (tertiary/aromatic N) is 2. The van der Waals surface area contributed by atoms with E-state index in [0.29, 0.717) is 0 Å². The van der Waals surface area contributed by atoms with Crippen molar-refractivity contribution >= 4 is 17.2 Å². The molecule has 20 heavy (non-hydrogen) atoms. The van der Waals surface area contributed by atoms with Crippen LogP contribution in [-0.2, 0) is 6.54 Å². The van der Waals surface area contributed by atoms with Crippen molar-refractivity contribution in [3.05, 3.63) is 36.0 Å². The second kappa shape index (κ2) is 5.92. The van der Waals surface area contributed by atoms with Crippen molar-refractivity contribution in [2.24, 2.45) is 5.41 Å². The highest BCUT2D eigenvalue weighted by molar-refractivity contribution is 5.96. The van der Waals surface area contributed by atoms with Crippen LogP contribution in [0.5, 0.6) is 0 Å². The maximum atomic E-state index is 11.1. The number of hydrogen-bond acceptors (Lipinski definition) is 2. The number of aldehydes is 1. The summed E-state index contributed by atoms with van der Waals surface area (Å²) in [4.78, 5) is 11.1. The number of nitriles is 1. The molecule has 1 aromatic carbocycles. The lowest BCUT2D eigenvalue weighted by Gasteiger charge is -2.14. The van der Waals surface area contributed by atoms with E-state index in [9.17, 15) is 4.79 Å². The molecule has 0 atom stereocenters. The van der Waals surface area contributed by atoms with E-state index in [4.69, 9.17) is 5.26 Å². The molecule has 0 unspecified atom stereocenters. The second-order valence-corrected chi connectivity index (χ2v) is 5.86. The summed E-state index contributed by atoms with van der Waals surface area (Å²) in [7, 11) is 0. The van der Waals surface area contributed by atoms with Gasteiger partial charge in [0.25, 0.3) is 0 Å². The monoisotopic (exact) mass is 268 g/mol. The van der Waals surface area contributed by atoms with Gasteiger partial charge in [0.05, 0.1) is 17.0 Å². The van der Waals surface area contributed by atoms with E-state index in [1.807, 2.05) is 44.3 Å². The Kier molecular flexibility index (Phi) is 4.24. The smallest absolute Gasteiger partial charge is 0.152 e. The highest BCUT2D eigenvalue weighted by Crippen LogP contribution is 2.23. The van der Waals surface area contributed by atoms with Gasteiger partial charge in [0, 0.05) is 23.7 Å². The predicted molar refractivity (Wildman–Crippen MR) is 80.6 cm³/mol. The lowest BCUT2D eigenvalue weighted by atomic mass is 9.89. The van der Waals surface area contributed by atoms with Crippen LogP contribution in [0.3, 0.4) is 0 Å². The minimum Gasteiger partial charge on any atom is -0.347 e. The molecule has 0 bridgehead atoms. The maximum Gasteiger partial charge on any atom is 0.152 e. The molecule has 3 heteroatoms. The largest absolute Gasteiger partial charge is 0.347 e. The van der Waals surface area contributed by atoms with Crippen molar-refractivity contribution in [1.29, 1.82) is 5.26 Å². The van der Waals surface area contributed by atoms with Gasteiger partial charge in [-0.3, -0.25) is 4.79 Å². The summed E-state index contributed by atoms with van der Waals surface area (Å²) in [5.74, 6) is 0. The standard InChI is InChI=1S/C17H20N2O/c1-17(2,13-18)9-3-4-10-19-11-8-14-6-5-7-15(12-20)16(14)19/h5-8,11-12H,3-4,9-10H2,1-2H3. The van der Waals surface area contributed by atoms with Gasteiger partial charge in [0.2, 0.25) is 0 Å². The average molecular weight is 268 g/mol. The third-order valence-electron chi connectivity index (χ3n) is 3.70. The summed E-state index contributed by atoms with van der Waals surface area (Å²) in [6.07, 6.45) is 5.89. The van der Waals surface area contributed by atoms with Crippen molar-refractivity contribution in [2.45, 2.75) is 39.7 Å². The topological polar surface area (TPSA) is 45.8 Å². The SMILES string of the molecule is CC(C)(C#N)CCCCn1ccc2cccc(C=O)c21. The Morgan fingerprint density at radius 2 is 2.10 bits per heavy atom. The first-order chi connectivity index (χ1) is 9.57. The molecule has 1 aromatic heterocycles. The van der Waals surface area contributed by atoms with Crippen molar-refractivity contribution < 1.29 is 4.79 Å². The van der Waals surface area contributed by atoms with Crippen LogP contribution in [-0.4, -0.2) is 10.9 Å². The molecule has 0 radical (unpaired) electrons. The zero-order valence-corrected chi connectivity index (χ0v) is 12.1. The fourth-order valence-electron chi connectivity index (χ4n) is 2.48. The van der Waals surface area contributed by atoms with Gasteiger partial charge in [-0.05, 0) is 38.8 Å². The highest BCUT2D eigenvalue weighted by atomic mass is 16.1. The number of hydrogen-bond donors (Lipinski definition) is 0. The van der Waals surface area contributed by atoms with Gasteiger partial charge in [-0.2, -0.15) is 5.26 Å². The fraction of sp³-hybridized carbons (Fsp3) is 0.412. The predicted octanol–water partition coefficient (Wildman–Crippen LogP) is 4.17. The number of aromatic nitrogens is 1. The zero-order valence-electron chi connectivity index (χ0n) is 12.1. The number of unbranched alkanes of at least 4 members (excludes halogenated alkanes) is 1. The van der Waals surface area contributed by atoms with Crippen LogP contribution < -0.4 is 0 Å². The first-order valence-corrected chi connectivity index (χ1v) is 7.02. The van der Waals surface area contributed by atoms with Gasteiger partial charge in [0.15, 0.2) is 6.29 Å². The molecule has 1 heterocycles. The number of rotatable bonds is 6. The molecule has 2 aromatic rings. The number of carbonyl (C=O) groups excluding carboxylic acids is 1. The molecule has 0 saturated heterocycles. The zero-order chi connectivity index (χ0) is 14.6. The maximum absolute atomic E-state index is 11.1. The van der Waals surface area contributed by atoms with Crippen LogP contribution in [0.15, 0.2) is 30.5 Å². The van der Waals surface area contributed by atoms with E-state index in [0.717, 1.165) is 48.6 Å². The fourth-order valence-corrected chi connectivity index (χ4v) is 2.48. The minimum absolute atomic E-state index is 0.243. The van der Waals surface area contributed by atoms with E-state index in [-0.39, 0.29) is 5.41 Å². The summed E-state index contributed by atoms with van der Waals surface area (Å²) < 4.78 is 2.14. The van der Waals surface area contributed by atoms with Crippen LogP contribution in [0.4, 0.5) is 0 Å². The molecular formula is C17H20N2O. The molecular weight excluding hydrogens is 248 g/mol. The van der Waals surface area contributed by atoms with Crippen LogP contribution in [0.1, 0.15) is 43.5 Å². The minimum atomic E-state index is -0.243. The third-order valence-corrected chi connectivity index (χ3v) is 3.70. The third kappa shape index (κ3) is 3.08. The molecule has 0 N–H and O–H groups in total. The van der Waals surface area contributed by atoms with Crippen LogP contribution in [0, 0.1) is 16.7 Å². The molecule has 0 saturated carbocycles. The van der Waals surface area contributed by atoms with E-state index in [1.54, 1.807) is 0 Å². The molecule has 0 aliphatic carbocycles. The van der Waals surface area contributed by atoms with Crippen molar-refractivity contribution in [2.75, 3.05) is 0 Å². The van der Waals surface area contributed by atoms with Crippen molar-refractivity contribution in [3.8, 4) is 6.07 Å². The number of para-hydroxylation sites is 1. The Hall–Kier alpha value is -2.08. The Bertz CT molecular complexity index is 647. The van der Waals surface area contributed by atoms with E-state index in [2.05, 4.69) is 10.6 Å². The first kappa shape index (κ1) is 14.3. The van der Waals surface area contributed by atoms with Crippen LogP contribution in [0.25, 0.3) is 10.9 Å². The van der Waals surface area contributed by atoms with Crippen molar-refractivity contribution in [3.63, 3.8) is 0 Å². The summed E-state index contributed by atoms with van der Waals surface area (Å²) in [5.41, 5.74) is 1.51. The van der Waals surface area contributed by atoms with E-state index in [1.165, 1.54) is 0 Å². The molecule has 104 valence electrons. The normalized spacial score (nSPS) is 11.4. The summed E-state index contributed by atoms with van der Waals surface area (Å²) in [5, 5.41) is 10.1. The van der Waals surface area contributed by atoms with Gasteiger partial charge < -0.3 is 4.57 Å². The summed E-state index contributed by atoms with van der Waals surface area (Å²) >= 11 is 0. The van der Waals surface area contributed by atoms with E-state index < -0.39 is 0 Å². The Labute approximate surface area is 119 Å². The number of carbonyl (C=O) groups is 1. The lowest BCUT2D eigenvalue weighted by Crippen LogP contribution is -2.08. The van der Waals surface area contributed by atoms with Gasteiger partial charge in [-0.1, -0.05) is 18.6 Å². The molecule has 3 nitrogen and oxygen atoms in total. The number of aryl methyl sites for hydroxylation is 1. The van der Waals surface area contributed by atoms with Gasteiger partial charge in [-0.25, -0.2) is 0 Å². The Balaban J connectivity index is 2.04. The number of benzene rings is 1. The molecule has 0 aliphatic rings. The summed E-state index contributed by atoms with van der Waals surface area (Å²) in [6.45, 7) is 4.83. The highest BCUT2D eigenvalue weighted by Gasteiger charge is 2.15. The Morgan fingerprint density at radius 1 is 1.30 bits per heavy atom. The first-order valence-electron chi connectivity index (χ1n) is 7.02. The van der Waals surface area contributed by atoms with Gasteiger partial charge in [0.1, 0.15) is 0 Å². The number of fused-ring (bicyclic) bond motifs is 1. The van der Waals surface area contributed by atoms with Crippen molar-refractivity contribution in [1.82, 2.24) is 4.57 Å². The van der Waals surface area contributed by atoms with Gasteiger partial charge >= 0.3 is 0 Å². The molecule has 0 fully saturated rings. The average Bonchev–Trinajstić information content (AvgIpc) is 2.87. The summed E-state index contributed by atoms with van der Waals surface area (Å²) in [6, 6.07) is 10.2. The molecule has 0 aliphatic heterocycles. The van der Waals surface area contributed by atoms with E-state index >= 15 is 0 Å².